The molecule has 0 atom stereocenters. The molecule has 0 bridgehead atoms. The minimum absolute atomic E-state index is 0.0288. The summed E-state index contributed by atoms with van der Waals surface area (Å²) in [4.78, 5) is 143. The number of fused-ring (bicyclic) bond motifs is 4. The predicted molar refractivity (Wildman–Crippen MR) is 521 cm³/mol. The number of aromatic amines is 4. The third-order valence-electron chi connectivity index (χ3n) is 29.6. The number of nitrogens with zero attached hydrogens (tertiary/aromatic N) is 13. The van der Waals surface area contributed by atoms with Gasteiger partial charge in [-0.2, -0.15) is 38.0 Å². The molecular formula is C104H131N19O17. The number of amides is 2. The number of nitrogens with one attached hydrogen (secondary N) is 6. The number of hydrogen-bond donors (Lipinski definition) is 9. The number of Topliss-reactive ketones (excluding diaryl/α,β-unsaturated/α-hetero) is 2. The van der Waals surface area contributed by atoms with Gasteiger partial charge in [0.25, 0.3) is 57.2 Å². The van der Waals surface area contributed by atoms with Crippen molar-refractivity contribution in [1.82, 2.24) is 93.9 Å². The van der Waals surface area contributed by atoms with Crippen LogP contribution in [0.5, 0.6) is 0 Å². The van der Waals surface area contributed by atoms with Crippen LogP contribution in [0.4, 0.5) is 0 Å². The molecule has 0 radical (unpaired) electrons. The highest BCUT2D eigenvalue weighted by atomic mass is 16.5. The van der Waals surface area contributed by atoms with Crippen molar-refractivity contribution in [3.8, 4) is 45.6 Å². The van der Waals surface area contributed by atoms with Gasteiger partial charge in [-0.25, -0.2) is 19.9 Å². The molecule has 10 heterocycles. The number of ketones is 2. The molecule has 36 heteroatoms. The number of rotatable bonds is 31. The van der Waals surface area contributed by atoms with E-state index in [1.807, 2.05) is 121 Å². The van der Waals surface area contributed by atoms with Gasteiger partial charge in [-0.05, 0) is 117 Å². The Kier molecular flexibility index (Phi) is 31.7. The summed E-state index contributed by atoms with van der Waals surface area (Å²) in [7, 11) is 0. The summed E-state index contributed by atoms with van der Waals surface area (Å²) in [6.45, 7) is 9.18. The number of aliphatic hydroxyl groups is 3. The molecule has 0 unspecified atom stereocenters. The topological polar surface area (TPSA) is 464 Å². The highest BCUT2D eigenvalue weighted by molar-refractivity contribution is 5.89. The Morgan fingerprint density at radius 2 is 0.657 bits per heavy atom. The monoisotopic (exact) mass is 1920 g/mol. The van der Waals surface area contributed by atoms with Crippen molar-refractivity contribution in [2.24, 2.45) is 0 Å². The van der Waals surface area contributed by atoms with E-state index in [1.165, 1.54) is 42.3 Å². The van der Waals surface area contributed by atoms with Crippen molar-refractivity contribution in [3.05, 3.63) is 210 Å². The molecule has 36 nitrogen and oxygen atoms in total. The number of hydrogen-bond acceptors (Lipinski definition) is 26. The van der Waals surface area contributed by atoms with Crippen LogP contribution < -0.4 is 32.9 Å². The van der Waals surface area contributed by atoms with Gasteiger partial charge in [-0.3, -0.25) is 63.7 Å². The number of ether oxygens (including phenoxy) is 6. The second-order valence-electron chi connectivity index (χ2n) is 39.8. The molecular weight excluding hydrogens is 1790 g/mol. The summed E-state index contributed by atoms with van der Waals surface area (Å²) in [6.07, 6.45) is 26.6. The van der Waals surface area contributed by atoms with Crippen LogP contribution in [0, 0.1) is 0 Å². The lowest BCUT2D eigenvalue weighted by Crippen LogP contribution is -2.58. The van der Waals surface area contributed by atoms with Gasteiger partial charge in [0.1, 0.15) is 22.4 Å². The maximum atomic E-state index is 13.5. The summed E-state index contributed by atoms with van der Waals surface area (Å²) in [5.41, 5.74) is -1.82. The van der Waals surface area contributed by atoms with Crippen molar-refractivity contribution < 1.29 is 62.9 Å². The van der Waals surface area contributed by atoms with Crippen LogP contribution in [-0.2, 0) is 74.0 Å². The van der Waals surface area contributed by atoms with E-state index >= 15 is 0 Å². The number of aliphatic hydroxyl groups excluding tert-OH is 1. The van der Waals surface area contributed by atoms with Crippen molar-refractivity contribution in [2.45, 2.75) is 303 Å². The minimum Gasteiger partial charge on any atom is -0.394 e. The van der Waals surface area contributed by atoms with Crippen molar-refractivity contribution >= 4 is 46.5 Å². The maximum Gasteiger partial charge on any atom is 0.274 e. The molecule has 6 saturated carbocycles. The first kappa shape index (κ1) is 99.7. The molecule has 8 aliphatic rings. The molecule has 0 spiro atoms. The maximum absolute atomic E-state index is 13.5. The van der Waals surface area contributed by atoms with E-state index in [0.29, 0.717) is 163 Å². The summed E-state index contributed by atoms with van der Waals surface area (Å²) >= 11 is 0. The number of morpholine rings is 1. The minimum atomic E-state index is -0.976. The van der Waals surface area contributed by atoms with Crippen LogP contribution in [0.2, 0.25) is 0 Å². The summed E-state index contributed by atoms with van der Waals surface area (Å²) in [6, 6.07) is 43.9. The smallest absolute Gasteiger partial charge is 0.274 e. The van der Waals surface area contributed by atoms with Gasteiger partial charge in [0.2, 0.25) is 0 Å². The van der Waals surface area contributed by atoms with E-state index in [-0.39, 0.29) is 114 Å². The van der Waals surface area contributed by atoms with E-state index in [0.717, 1.165) is 164 Å². The fourth-order valence-electron chi connectivity index (χ4n) is 21.0. The van der Waals surface area contributed by atoms with Crippen molar-refractivity contribution in [2.75, 3.05) is 52.7 Å². The highest BCUT2D eigenvalue weighted by Crippen LogP contribution is 2.42. The lowest BCUT2D eigenvalue weighted by Gasteiger charge is -2.42. The quantitative estimate of drug-likeness (QED) is 0.0195. The zero-order valence-corrected chi connectivity index (χ0v) is 80.3. The fraction of sp³-hybridized carbons (Fsp3) is 0.538. The molecule has 744 valence electrons. The summed E-state index contributed by atoms with van der Waals surface area (Å²) in [5.74, 6) is 3.16. The van der Waals surface area contributed by atoms with E-state index in [4.69, 9.17) is 28.4 Å². The van der Waals surface area contributed by atoms with E-state index in [2.05, 4.69) is 89.6 Å². The second-order valence-corrected chi connectivity index (χ2v) is 39.8. The first-order chi connectivity index (χ1) is 67.8. The molecule has 140 heavy (non-hydrogen) atoms. The Labute approximate surface area is 810 Å². The zero-order valence-electron chi connectivity index (χ0n) is 80.3. The van der Waals surface area contributed by atoms with Crippen LogP contribution in [0.3, 0.4) is 0 Å². The Hall–Kier alpha value is -11.8. The largest absolute Gasteiger partial charge is 0.394 e. The Morgan fingerprint density at radius 1 is 0.371 bits per heavy atom. The highest BCUT2D eigenvalue weighted by Gasteiger charge is 2.48. The van der Waals surface area contributed by atoms with Crippen LogP contribution in [0.15, 0.2) is 165 Å². The lowest BCUT2D eigenvalue weighted by atomic mass is 9.78. The molecule has 9 N–H and O–H groups in total. The molecule has 2 aliphatic heterocycles. The van der Waals surface area contributed by atoms with Gasteiger partial charge in [0.05, 0.1) is 85.8 Å². The second kappa shape index (κ2) is 44.5. The first-order valence-electron chi connectivity index (χ1n) is 50.2. The van der Waals surface area contributed by atoms with Crippen LogP contribution in [0.25, 0.3) is 68.7 Å². The van der Waals surface area contributed by atoms with E-state index in [1.54, 1.807) is 0 Å². The van der Waals surface area contributed by atoms with Crippen LogP contribution in [-0.4, -0.2) is 219 Å². The Balaban J connectivity index is 0.000000129. The predicted octanol–water partition coefficient (Wildman–Crippen LogP) is 12.4. The van der Waals surface area contributed by atoms with Gasteiger partial charge in [-0.15, -0.1) is 0 Å². The van der Waals surface area contributed by atoms with Crippen LogP contribution >= 0.6 is 0 Å². The molecule has 2 saturated heterocycles. The van der Waals surface area contributed by atoms with Gasteiger partial charge in [-0.1, -0.05) is 224 Å². The average Bonchev–Trinajstić information content (AvgIpc) is 1.66. The normalized spacial score (nSPS) is 19.2. The zero-order chi connectivity index (χ0) is 97.4. The lowest BCUT2D eigenvalue weighted by molar-refractivity contribution is -0.157. The van der Waals surface area contributed by atoms with Gasteiger partial charge < -0.3 is 54.4 Å². The number of carbonyl (C=O) groups excluding carboxylic acids is 4. The van der Waals surface area contributed by atoms with Gasteiger partial charge in [0, 0.05) is 97.7 Å². The third-order valence-corrected chi connectivity index (χ3v) is 29.6. The molecule has 8 fully saturated rings. The molecule has 20 rings (SSSR count). The van der Waals surface area contributed by atoms with E-state index in [9.17, 15) is 53.7 Å². The number of carbonyl (C=O) groups is 4. The molecule has 8 aromatic heterocycles. The van der Waals surface area contributed by atoms with Crippen molar-refractivity contribution in [1.29, 1.82) is 0 Å². The molecule has 4 aromatic carbocycles. The standard InChI is InChI=1S/C27H36N6O4.C26H32N4O5.C26H32N4O4.C25H31N5O4/c1-26(2,32-13-15-36-16-14-32)19-28-24(35)27(11-7-4-8-12-27)37-18-21-17-22(34)33-25(29-21)30-23(31-33)20-9-5-3-6-10-20;31-21(9-12-25(33)13-15-34-16-14-25)26(10-5-2-6-11-26)35-18-20-17-22(32)30-24(27-20)28-23(29-30)19-7-3-1-4-8-19;31-21(11-16-25(33)12-7-8-13-25)26(14-5-2-6-15-26)34-18-20-17-22(32)30-24(27-20)28-23(29-30)19-9-3-1-4-10-19;31-17-24(11-7-8-12-24)28-22(33)25(13-5-2-6-14-25)34-16-19-15-20(32)30-23(26-19)27-21(29-30)18-9-3-1-4-10-18/h3,5-6,9-10,17H,4,7-8,11-16,18-19H2,1-2H3,(H,28,35)(H,29,30,31);1,3-4,7-8,17,33H,2,5-6,9-16,18H2,(H,27,28,29);1,3-4,9-10,17,33H,2,5-8,11-16,18H2,(H,27,28,29);1,3-4,9-10,15,31H,2,5-8,11-14,16-17H2,(H,28,33)(H,26,27,29). The van der Waals surface area contributed by atoms with Gasteiger partial charge >= 0.3 is 0 Å². The fourth-order valence-corrected chi connectivity index (χ4v) is 21.0. The molecule has 12 aromatic rings. The van der Waals surface area contributed by atoms with Gasteiger partial charge in [0.15, 0.2) is 34.9 Å². The van der Waals surface area contributed by atoms with E-state index < -0.39 is 39.1 Å². The van der Waals surface area contributed by atoms with Crippen molar-refractivity contribution in [3.63, 3.8) is 0 Å². The molecule has 6 aliphatic carbocycles. The number of H-pyrrole nitrogens is 4. The van der Waals surface area contributed by atoms with Crippen LogP contribution in [0.1, 0.15) is 255 Å². The Bertz CT molecular complexity index is 6460. The SMILES string of the molecule is CC(C)(CNC(=O)C1(OCc2cc(=O)n3[nH]c(-c4ccccc4)nc3n2)CCCCC1)N1CCOCC1.O=C(CCC1(O)CCCC1)C1(OCc2cc(=O)n3[nH]c(-c4ccccc4)nc3n2)CCCCC1.O=C(CCC1(O)CCOCC1)C1(OCc2cc(=O)n3[nH]c(-c4ccccc4)nc3n2)CCCCC1.O=C(NC1(CO)CCCC1)C1(OCc2cc(=O)n3[nH]c(-c4ccccc4)nc3n2)CCCCC1. The Morgan fingerprint density at radius 3 is 0.986 bits per heavy atom. The first-order valence-corrected chi connectivity index (χ1v) is 50.2. The third kappa shape index (κ3) is 23.8. The summed E-state index contributed by atoms with van der Waals surface area (Å²) in [5, 5.41) is 49.8. The summed E-state index contributed by atoms with van der Waals surface area (Å²) < 4.78 is 41.2. The average molecular weight is 1920 g/mol. The molecule has 2 amide bonds. The number of benzene rings is 4. The number of aromatic nitrogens is 16.